The molecule has 1 rings (SSSR count). The third-order valence-electron chi connectivity index (χ3n) is 5.30. The van der Waals surface area contributed by atoms with E-state index < -0.39 is 12.0 Å². The largest absolute Gasteiger partial charge is 0.490 e. The van der Waals surface area contributed by atoms with Gasteiger partial charge in [-0.05, 0) is 30.5 Å². The van der Waals surface area contributed by atoms with E-state index in [9.17, 15) is 4.79 Å². The zero-order valence-electron chi connectivity index (χ0n) is 19.2. The van der Waals surface area contributed by atoms with Crippen LogP contribution in [0, 0.1) is 0 Å². The molecule has 0 amide bonds. The van der Waals surface area contributed by atoms with E-state index in [2.05, 4.69) is 13.8 Å². The van der Waals surface area contributed by atoms with Crippen molar-refractivity contribution in [1.82, 2.24) is 0 Å². The summed E-state index contributed by atoms with van der Waals surface area (Å²) in [5, 5.41) is 9.02. The monoisotopic (exact) mass is 421 g/mol. The first-order valence-electron chi connectivity index (χ1n) is 11.9. The summed E-state index contributed by atoms with van der Waals surface area (Å²) in [6, 6.07) is 5.01. The number of carbonyl (C=O) groups is 1. The van der Waals surface area contributed by atoms with Gasteiger partial charge in [0.1, 0.15) is 0 Å². The van der Waals surface area contributed by atoms with Crippen molar-refractivity contribution in [3.63, 3.8) is 0 Å². The fraction of sp³-hybridized carbons (Fsp3) is 0.720. The Morgan fingerprint density at radius 2 is 1.33 bits per heavy atom. The predicted molar refractivity (Wildman–Crippen MR) is 123 cm³/mol. The maximum absolute atomic E-state index is 11.0. The van der Waals surface area contributed by atoms with Crippen LogP contribution in [0.4, 0.5) is 0 Å². The van der Waals surface area contributed by atoms with Crippen molar-refractivity contribution in [2.45, 2.75) is 103 Å². The lowest BCUT2D eigenvalue weighted by molar-refractivity contribution is -0.137. The molecule has 1 unspecified atom stereocenters. The van der Waals surface area contributed by atoms with E-state index in [0.717, 1.165) is 30.6 Å². The van der Waals surface area contributed by atoms with Gasteiger partial charge in [0.05, 0.1) is 19.6 Å². The van der Waals surface area contributed by atoms with Crippen LogP contribution in [0.2, 0.25) is 0 Å². The molecule has 1 aromatic rings. The van der Waals surface area contributed by atoms with E-state index in [1.165, 1.54) is 57.8 Å². The second-order valence-corrected chi connectivity index (χ2v) is 8.14. The Labute approximate surface area is 183 Å². The number of aliphatic carboxylic acids is 1. The van der Waals surface area contributed by atoms with Gasteiger partial charge in [-0.2, -0.15) is 0 Å². The molecule has 3 N–H and O–H groups in total. The summed E-state index contributed by atoms with van der Waals surface area (Å²) in [5.41, 5.74) is 6.81. The minimum absolute atomic E-state index is 0.102. The van der Waals surface area contributed by atoms with Gasteiger partial charge in [0, 0.05) is 6.04 Å². The van der Waals surface area contributed by atoms with Gasteiger partial charge in [-0.15, -0.1) is 0 Å². The molecule has 0 aromatic heterocycles. The van der Waals surface area contributed by atoms with E-state index in [0.29, 0.717) is 19.0 Å². The lowest BCUT2D eigenvalue weighted by atomic mass is 10.0. The molecule has 0 fully saturated rings. The molecule has 0 spiro atoms. The van der Waals surface area contributed by atoms with Gasteiger partial charge in [0.15, 0.2) is 11.5 Å². The highest BCUT2D eigenvalue weighted by Gasteiger charge is 2.14. The topological polar surface area (TPSA) is 81.8 Å². The molecule has 0 saturated heterocycles. The minimum atomic E-state index is -0.902. The number of nitrogens with two attached hydrogens (primary N) is 1. The second kappa shape index (κ2) is 17.0. The standard InChI is InChI=1S/C25H43NO4/c1-3-5-7-9-11-13-17-29-23-16-15-21(22(26)20-25(27)28)19-24(23)30-18-14-12-10-8-6-4-2/h15-16,19,22H,3-14,17-18,20,26H2,1-2H3,(H,27,28). The summed E-state index contributed by atoms with van der Waals surface area (Å²) in [7, 11) is 0. The van der Waals surface area contributed by atoms with Crippen LogP contribution >= 0.6 is 0 Å². The third kappa shape index (κ3) is 12.1. The summed E-state index contributed by atoms with van der Waals surface area (Å²) >= 11 is 0. The molecule has 172 valence electrons. The molecule has 0 heterocycles. The molecule has 5 nitrogen and oxygen atoms in total. The number of carboxylic acid groups (broad SMARTS) is 1. The maximum Gasteiger partial charge on any atom is 0.305 e. The fourth-order valence-electron chi connectivity index (χ4n) is 3.42. The average Bonchev–Trinajstić information content (AvgIpc) is 2.72. The Morgan fingerprint density at radius 1 is 0.833 bits per heavy atom. The van der Waals surface area contributed by atoms with Crippen LogP contribution in [-0.4, -0.2) is 24.3 Å². The fourth-order valence-corrected chi connectivity index (χ4v) is 3.42. The highest BCUT2D eigenvalue weighted by atomic mass is 16.5. The normalized spacial score (nSPS) is 12.0. The third-order valence-corrected chi connectivity index (χ3v) is 5.30. The van der Waals surface area contributed by atoms with Crippen molar-refractivity contribution in [3.05, 3.63) is 23.8 Å². The van der Waals surface area contributed by atoms with E-state index in [4.69, 9.17) is 20.3 Å². The van der Waals surface area contributed by atoms with Crippen molar-refractivity contribution >= 4 is 5.97 Å². The highest BCUT2D eigenvalue weighted by Crippen LogP contribution is 2.31. The molecule has 5 heteroatoms. The number of rotatable bonds is 19. The van der Waals surface area contributed by atoms with Crippen LogP contribution in [0.1, 0.15) is 109 Å². The SMILES string of the molecule is CCCCCCCCOc1ccc(C(N)CC(=O)O)cc1OCCCCCCCC. The minimum Gasteiger partial charge on any atom is -0.490 e. The highest BCUT2D eigenvalue weighted by molar-refractivity contribution is 5.68. The second-order valence-electron chi connectivity index (χ2n) is 8.14. The number of hydrogen-bond acceptors (Lipinski definition) is 4. The Balaban J connectivity index is 2.57. The van der Waals surface area contributed by atoms with Gasteiger partial charge in [-0.1, -0.05) is 84.1 Å². The molecule has 0 aliphatic rings. The van der Waals surface area contributed by atoms with Gasteiger partial charge in [-0.25, -0.2) is 0 Å². The van der Waals surface area contributed by atoms with Crippen molar-refractivity contribution in [3.8, 4) is 11.5 Å². The first kappa shape index (κ1) is 26.3. The average molecular weight is 422 g/mol. The van der Waals surface area contributed by atoms with Crippen molar-refractivity contribution in [2.24, 2.45) is 5.73 Å². The molecule has 1 atom stereocenters. The number of carboxylic acids is 1. The van der Waals surface area contributed by atoms with E-state index in [1.54, 1.807) is 0 Å². The molecule has 0 saturated carbocycles. The van der Waals surface area contributed by atoms with E-state index >= 15 is 0 Å². The Kier molecular flexibility index (Phi) is 14.9. The molecule has 0 aliphatic carbocycles. The lowest BCUT2D eigenvalue weighted by Gasteiger charge is -2.16. The molecule has 0 bridgehead atoms. The summed E-state index contributed by atoms with van der Waals surface area (Å²) < 4.78 is 12.0. The molecule has 0 aliphatic heterocycles. The first-order chi connectivity index (χ1) is 14.6. The van der Waals surface area contributed by atoms with Gasteiger partial charge in [-0.3, -0.25) is 4.79 Å². The number of ether oxygens (including phenoxy) is 2. The Morgan fingerprint density at radius 3 is 1.87 bits per heavy atom. The summed E-state index contributed by atoms with van der Waals surface area (Å²) in [5.74, 6) is 0.495. The van der Waals surface area contributed by atoms with E-state index in [1.807, 2.05) is 18.2 Å². The van der Waals surface area contributed by atoms with Gasteiger partial charge in [0.25, 0.3) is 0 Å². The number of benzene rings is 1. The number of hydrogen-bond donors (Lipinski definition) is 2. The molecular formula is C25H43NO4. The van der Waals surface area contributed by atoms with Crippen LogP contribution < -0.4 is 15.2 Å². The predicted octanol–water partition coefficient (Wildman–Crippen LogP) is 6.64. The van der Waals surface area contributed by atoms with Gasteiger partial charge < -0.3 is 20.3 Å². The Bertz CT molecular complexity index is 576. The summed E-state index contributed by atoms with van der Waals surface area (Å²) in [6.45, 7) is 5.75. The van der Waals surface area contributed by atoms with Crippen LogP contribution in [-0.2, 0) is 4.79 Å². The quantitative estimate of drug-likeness (QED) is 0.245. The summed E-state index contributed by atoms with van der Waals surface area (Å²) in [4.78, 5) is 11.0. The van der Waals surface area contributed by atoms with Crippen LogP contribution in [0.5, 0.6) is 11.5 Å². The van der Waals surface area contributed by atoms with Crippen LogP contribution in [0.15, 0.2) is 18.2 Å². The van der Waals surface area contributed by atoms with Crippen molar-refractivity contribution in [1.29, 1.82) is 0 Å². The molecule has 0 radical (unpaired) electrons. The van der Waals surface area contributed by atoms with Crippen molar-refractivity contribution in [2.75, 3.05) is 13.2 Å². The number of unbranched alkanes of at least 4 members (excludes halogenated alkanes) is 10. The first-order valence-corrected chi connectivity index (χ1v) is 11.9. The van der Waals surface area contributed by atoms with Crippen LogP contribution in [0.25, 0.3) is 0 Å². The molecule has 30 heavy (non-hydrogen) atoms. The smallest absolute Gasteiger partial charge is 0.305 e. The van der Waals surface area contributed by atoms with Crippen LogP contribution in [0.3, 0.4) is 0 Å². The maximum atomic E-state index is 11.0. The summed E-state index contributed by atoms with van der Waals surface area (Å²) in [6.07, 6.45) is 14.4. The van der Waals surface area contributed by atoms with Gasteiger partial charge in [0.2, 0.25) is 0 Å². The molecule has 1 aromatic carbocycles. The van der Waals surface area contributed by atoms with Crippen molar-refractivity contribution < 1.29 is 19.4 Å². The zero-order valence-corrected chi connectivity index (χ0v) is 19.2. The van der Waals surface area contributed by atoms with Gasteiger partial charge >= 0.3 is 5.97 Å². The Hall–Kier alpha value is -1.75. The zero-order chi connectivity index (χ0) is 22.0. The molecular weight excluding hydrogens is 378 g/mol. The lowest BCUT2D eigenvalue weighted by Crippen LogP contribution is -2.15. The van der Waals surface area contributed by atoms with E-state index in [-0.39, 0.29) is 6.42 Å².